The lowest BCUT2D eigenvalue weighted by Gasteiger charge is -2.14. The molecule has 0 bridgehead atoms. The molecule has 0 saturated heterocycles. The van der Waals surface area contributed by atoms with Gasteiger partial charge in [0.2, 0.25) is 0 Å². The second-order valence-corrected chi connectivity index (χ2v) is 7.14. The Kier molecular flexibility index (Phi) is 3.84. The molecule has 4 aromatic heterocycles. The molecule has 1 aliphatic rings. The van der Waals surface area contributed by atoms with Gasteiger partial charge in [-0.3, -0.25) is 14.2 Å². The van der Waals surface area contributed by atoms with Crippen molar-refractivity contribution in [3.8, 4) is 11.4 Å². The summed E-state index contributed by atoms with van der Waals surface area (Å²) < 4.78 is 3.40. The Morgan fingerprint density at radius 2 is 1.96 bits per heavy atom. The van der Waals surface area contributed by atoms with Crippen LogP contribution in [0, 0.1) is 13.8 Å². The van der Waals surface area contributed by atoms with E-state index < -0.39 is 0 Å². The van der Waals surface area contributed by atoms with Crippen LogP contribution in [0.25, 0.3) is 28.1 Å². The first kappa shape index (κ1) is 16.8. The van der Waals surface area contributed by atoms with Crippen molar-refractivity contribution < 1.29 is 0 Å². The second-order valence-electron chi connectivity index (χ2n) is 7.14. The number of fused-ring (bicyclic) bond motifs is 2. The van der Waals surface area contributed by atoms with E-state index in [-0.39, 0.29) is 5.56 Å². The Labute approximate surface area is 161 Å². The van der Waals surface area contributed by atoms with E-state index in [9.17, 15) is 4.79 Å². The van der Waals surface area contributed by atoms with Gasteiger partial charge in [0.1, 0.15) is 11.3 Å². The first-order valence-electron chi connectivity index (χ1n) is 9.36. The molecule has 1 aliphatic heterocycles. The number of rotatable bonds is 2. The lowest BCUT2D eigenvalue weighted by molar-refractivity contribution is 0.738. The minimum atomic E-state index is -0.112. The van der Waals surface area contributed by atoms with Gasteiger partial charge in [0.05, 0.1) is 28.8 Å². The van der Waals surface area contributed by atoms with Crippen LogP contribution < -0.4 is 10.9 Å². The average Bonchev–Trinajstić information content (AvgIpc) is 3.13. The molecule has 4 aromatic rings. The molecule has 0 aromatic carbocycles. The van der Waals surface area contributed by atoms with Crippen molar-refractivity contribution in [3.63, 3.8) is 0 Å². The highest BCUT2D eigenvalue weighted by Crippen LogP contribution is 2.22. The molecule has 0 unspecified atom stereocenters. The standard InChI is InChI=1S/C21H20N6O/c1-13-11-27-19(14(2)23-13)9-18(25-27)17-10-21(28)26-12-16(3-4-20(26)24-17)15-5-7-22-8-6-15/h3-5,9-12,22H,6-8H2,1-2H3. The molecule has 7 heteroatoms. The molecule has 7 nitrogen and oxygen atoms in total. The Balaban J connectivity index is 1.63. The van der Waals surface area contributed by atoms with Crippen molar-refractivity contribution in [1.82, 2.24) is 29.3 Å². The molecular formula is C21H20N6O. The fraction of sp³-hybridized carbons (Fsp3) is 0.238. The topological polar surface area (TPSA) is 76.6 Å². The molecule has 1 N–H and O–H groups in total. The molecule has 5 heterocycles. The third-order valence-corrected chi connectivity index (χ3v) is 5.12. The van der Waals surface area contributed by atoms with Gasteiger partial charge in [-0.25, -0.2) is 9.50 Å². The number of hydrogen-bond acceptors (Lipinski definition) is 5. The first-order valence-corrected chi connectivity index (χ1v) is 9.36. The first-order chi connectivity index (χ1) is 13.6. The molecule has 0 amide bonds. The molecule has 0 fully saturated rings. The van der Waals surface area contributed by atoms with Crippen LogP contribution in [0.2, 0.25) is 0 Å². The highest BCUT2D eigenvalue weighted by molar-refractivity contribution is 5.69. The smallest absolute Gasteiger partial charge is 0.258 e. The zero-order valence-corrected chi connectivity index (χ0v) is 15.8. The summed E-state index contributed by atoms with van der Waals surface area (Å²) in [6.07, 6.45) is 6.89. The molecule has 5 rings (SSSR count). The van der Waals surface area contributed by atoms with Crippen molar-refractivity contribution in [2.45, 2.75) is 20.3 Å². The summed E-state index contributed by atoms with van der Waals surface area (Å²) in [5.41, 5.74) is 6.77. The van der Waals surface area contributed by atoms with Gasteiger partial charge in [0.15, 0.2) is 0 Å². The van der Waals surface area contributed by atoms with Crippen molar-refractivity contribution in [2.24, 2.45) is 0 Å². The highest BCUT2D eigenvalue weighted by atomic mass is 16.1. The highest BCUT2D eigenvalue weighted by Gasteiger charge is 2.13. The maximum Gasteiger partial charge on any atom is 0.258 e. The summed E-state index contributed by atoms with van der Waals surface area (Å²) in [6.45, 7) is 5.70. The SMILES string of the molecule is Cc1cn2nc(-c3cc(=O)n4cc(C5=CCNCC5)ccc4n3)cc2c(C)n1. The van der Waals surface area contributed by atoms with Crippen LogP contribution >= 0.6 is 0 Å². The molecule has 0 saturated carbocycles. The minimum absolute atomic E-state index is 0.112. The lowest BCUT2D eigenvalue weighted by atomic mass is 10.0. The van der Waals surface area contributed by atoms with E-state index in [1.165, 1.54) is 5.57 Å². The van der Waals surface area contributed by atoms with Crippen LogP contribution in [0.15, 0.2) is 47.5 Å². The van der Waals surface area contributed by atoms with E-state index in [0.29, 0.717) is 17.0 Å². The molecule has 28 heavy (non-hydrogen) atoms. The maximum atomic E-state index is 12.8. The van der Waals surface area contributed by atoms with Crippen LogP contribution in [0.3, 0.4) is 0 Å². The molecule has 0 radical (unpaired) electrons. The van der Waals surface area contributed by atoms with Crippen molar-refractivity contribution in [2.75, 3.05) is 13.1 Å². The monoisotopic (exact) mass is 372 g/mol. The number of hydrogen-bond donors (Lipinski definition) is 1. The number of aryl methyl sites for hydroxylation is 2. The Hall–Kier alpha value is -3.32. The predicted molar refractivity (Wildman–Crippen MR) is 108 cm³/mol. The van der Waals surface area contributed by atoms with Crippen LogP contribution in [-0.4, -0.2) is 37.1 Å². The summed E-state index contributed by atoms with van der Waals surface area (Å²) in [5.74, 6) is 0. The maximum absolute atomic E-state index is 12.8. The zero-order valence-electron chi connectivity index (χ0n) is 15.8. The summed E-state index contributed by atoms with van der Waals surface area (Å²) >= 11 is 0. The van der Waals surface area contributed by atoms with Crippen molar-refractivity contribution in [3.05, 3.63) is 70.0 Å². The third-order valence-electron chi connectivity index (χ3n) is 5.12. The number of nitrogens with zero attached hydrogens (tertiary/aromatic N) is 5. The quantitative estimate of drug-likeness (QED) is 0.585. The third kappa shape index (κ3) is 2.80. The van der Waals surface area contributed by atoms with Gasteiger partial charge in [-0.1, -0.05) is 6.08 Å². The predicted octanol–water partition coefficient (Wildman–Crippen LogP) is 2.40. The normalized spacial score (nSPS) is 14.6. The van der Waals surface area contributed by atoms with Gasteiger partial charge in [-0.2, -0.15) is 5.10 Å². The van der Waals surface area contributed by atoms with Gasteiger partial charge < -0.3 is 5.32 Å². The van der Waals surface area contributed by atoms with Gasteiger partial charge >= 0.3 is 0 Å². The largest absolute Gasteiger partial charge is 0.313 e. The fourth-order valence-corrected chi connectivity index (χ4v) is 3.72. The van der Waals surface area contributed by atoms with Gasteiger partial charge in [-0.15, -0.1) is 0 Å². The van der Waals surface area contributed by atoms with Crippen LogP contribution in [0.1, 0.15) is 23.4 Å². The Bertz CT molecular complexity index is 1310. The van der Waals surface area contributed by atoms with E-state index >= 15 is 0 Å². The molecule has 0 atom stereocenters. The molecule has 0 spiro atoms. The molecular weight excluding hydrogens is 352 g/mol. The van der Waals surface area contributed by atoms with E-state index in [1.807, 2.05) is 44.4 Å². The number of pyridine rings is 1. The van der Waals surface area contributed by atoms with E-state index in [0.717, 1.165) is 42.0 Å². The van der Waals surface area contributed by atoms with Gasteiger partial charge in [0, 0.05) is 18.8 Å². The summed E-state index contributed by atoms with van der Waals surface area (Å²) in [5, 5.41) is 7.90. The summed E-state index contributed by atoms with van der Waals surface area (Å²) in [7, 11) is 0. The van der Waals surface area contributed by atoms with E-state index in [1.54, 1.807) is 15.0 Å². The minimum Gasteiger partial charge on any atom is -0.313 e. The Morgan fingerprint density at radius 3 is 2.79 bits per heavy atom. The molecule has 140 valence electrons. The van der Waals surface area contributed by atoms with Gasteiger partial charge in [-0.05, 0) is 56.1 Å². The van der Waals surface area contributed by atoms with Gasteiger partial charge in [0.25, 0.3) is 5.56 Å². The van der Waals surface area contributed by atoms with Crippen molar-refractivity contribution in [1.29, 1.82) is 0 Å². The summed E-state index contributed by atoms with van der Waals surface area (Å²) in [4.78, 5) is 21.9. The lowest BCUT2D eigenvalue weighted by Crippen LogP contribution is -2.20. The zero-order chi connectivity index (χ0) is 19.3. The fourth-order valence-electron chi connectivity index (χ4n) is 3.72. The Morgan fingerprint density at radius 1 is 1.07 bits per heavy atom. The van der Waals surface area contributed by atoms with E-state index in [2.05, 4.69) is 26.5 Å². The van der Waals surface area contributed by atoms with Crippen molar-refractivity contribution >= 4 is 16.7 Å². The van der Waals surface area contributed by atoms with Crippen LogP contribution in [-0.2, 0) is 0 Å². The molecule has 0 aliphatic carbocycles. The number of nitrogens with one attached hydrogen (secondary N) is 1. The summed E-state index contributed by atoms with van der Waals surface area (Å²) in [6, 6.07) is 7.40. The van der Waals surface area contributed by atoms with Crippen LogP contribution in [0.5, 0.6) is 0 Å². The van der Waals surface area contributed by atoms with Crippen LogP contribution in [0.4, 0.5) is 0 Å². The average molecular weight is 372 g/mol. The van der Waals surface area contributed by atoms with E-state index in [4.69, 9.17) is 0 Å². The number of aromatic nitrogens is 5. The second kappa shape index (κ2) is 6.38.